The summed E-state index contributed by atoms with van der Waals surface area (Å²) in [6, 6.07) is 12.1. The summed E-state index contributed by atoms with van der Waals surface area (Å²) in [5.74, 6) is -0.0423. The van der Waals surface area contributed by atoms with Gasteiger partial charge >= 0.3 is 0 Å². The van der Waals surface area contributed by atoms with Gasteiger partial charge in [-0.2, -0.15) is 9.40 Å². The van der Waals surface area contributed by atoms with Crippen molar-refractivity contribution in [1.29, 1.82) is 0 Å². The van der Waals surface area contributed by atoms with Crippen LogP contribution in [0.3, 0.4) is 0 Å². The van der Waals surface area contributed by atoms with Crippen LogP contribution in [0.15, 0.2) is 42.5 Å². The number of H-pyrrole nitrogens is 1. The third-order valence-electron chi connectivity index (χ3n) is 5.25. The summed E-state index contributed by atoms with van der Waals surface area (Å²) in [6.07, 6.45) is 0. The molecule has 3 aromatic rings. The third-order valence-corrected chi connectivity index (χ3v) is 7.00. The van der Waals surface area contributed by atoms with E-state index < -0.39 is 15.9 Å². The van der Waals surface area contributed by atoms with Crippen LogP contribution in [0, 0.1) is 0 Å². The molecule has 0 bridgehead atoms. The van der Waals surface area contributed by atoms with Crippen molar-refractivity contribution in [1.82, 2.24) is 14.5 Å². The third kappa shape index (κ3) is 3.75. The van der Waals surface area contributed by atoms with Crippen molar-refractivity contribution in [2.45, 2.75) is 18.8 Å². The molecule has 31 heavy (non-hydrogen) atoms. The van der Waals surface area contributed by atoms with Crippen molar-refractivity contribution in [2.24, 2.45) is 5.73 Å². The van der Waals surface area contributed by atoms with E-state index >= 15 is 0 Å². The van der Waals surface area contributed by atoms with Crippen LogP contribution < -0.4 is 15.2 Å². The summed E-state index contributed by atoms with van der Waals surface area (Å²) >= 11 is 0. The van der Waals surface area contributed by atoms with Crippen LogP contribution >= 0.6 is 0 Å². The Bertz CT molecular complexity index is 1240. The molecule has 1 aliphatic heterocycles. The van der Waals surface area contributed by atoms with Gasteiger partial charge in [-0.3, -0.25) is 9.89 Å². The lowest BCUT2D eigenvalue weighted by Crippen LogP contribution is -2.27. The first kappa shape index (κ1) is 20.9. The van der Waals surface area contributed by atoms with E-state index in [1.807, 2.05) is 6.07 Å². The maximum Gasteiger partial charge on any atom is 0.249 e. The van der Waals surface area contributed by atoms with E-state index in [0.29, 0.717) is 39.6 Å². The quantitative estimate of drug-likeness (QED) is 0.576. The van der Waals surface area contributed by atoms with Gasteiger partial charge in [0.15, 0.2) is 11.5 Å². The lowest BCUT2D eigenvalue weighted by molar-refractivity contribution is 0.100. The molecule has 10 heteroatoms. The van der Waals surface area contributed by atoms with E-state index in [2.05, 4.69) is 10.2 Å². The van der Waals surface area contributed by atoms with Crippen LogP contribution in [0.5, 0.6) is 11.5 Å². The normalized spacial score (nSPS) is 13.7. The fourth-order valence-corrected chi connectivity index (χ4v) is 5.21. The molecule has 1 aliphatic rings. The van der Waals surface area contributed by atoms with Crippen LogP contribution in [-0.2, 0) is 28.9 Å². The first-order valence-electron chi connectivity index (χ1n) is 9.48. The van der Waals surface area contributed by atoms with Crippen molar-refractivity contribution in [3.05, 3.63) is 64.8 Å². The molecule has 9 nitrogen and oxygen atoms in total. The number of carbonyl (C=O) groups excluding carboxylic acids is 1. The highest BCUT2D eigenvalue weighted by molar-refractivity contribution is 7.88. The zero-order valence-corrected chi connectivity index (χ0v) is 17.9. The first-order valence-corrected chi connectivity index (χ1v) is 11.1. The average Bonchev–Trinajstić information content (AvgIpc) is 3.34. The van der Waals surface area contributed by atoms with Crippen LogP contribution in [0.1, 0.15) is 27.2 Å². The number of rotatable bonds is 7. The number of nitrogens with one attached hydrogen (secondary N) is 1. The molecule has 0 atom stereocenters. The second kappa shape index (κ2) is 8.05. The maximum absolute atomic E-state index is 13.0. The van der Waals surface area contributed by atoms with Gasteiger partial charge < -0.3 is 15.2 Å². The predicted molar refractivity (Wildman–Crippen MR) is 114 cm³/mol. The number of aromatic amines is 1. The number of methoxy groups -OCH3 is 2. The molecule has 0 saturated heterocycles. The molecule has 162 valence electrons. The largest absolute Gasteiger partial charge is 0.493 e. The number of hydrogen-bond acceptors (Lipinski definition) is 6. The Labute approximate surface area is 179 Å². The molecule has 0 fully saturated rings. The van der Waals surface area contributed by atoms with Crippen molar-refractivity contribution >= 4 is 15.9 Å². The average molecular weight is 442 g/mol. The number of fused-ring (bicyclic) bond motifs is 1. The Morgan fingerprint density at radius 2 is 1.87 bits per heavy atom. The van der Waals surface area contributed by atoms with Crippen molar-refractivity contribution in [3.8, 4) is 22.8 Å². The summed E-state index contributed by atoms with van der Waals surface area (Å²) in [5.41, 5.74) is 8.61. The van der Waals surface area contributed by atoms with Gasteiger partial charge in [0.25, 0.3) is 0 Å². The van der Waals surface area contributed by atoms with Gasteiger partial charge in [0.1, 0.15) is 5.69 Å². The second-order valence-corrected chi connectivity index (χ2v) is 9.10. The molecule has 0 saturated carbocycles. The number of primary amides is 1. The van der Waals surface area contributed by atoms with E-state index in [9.17, 15) is 13.2 Å². The van der Waals surface area contributed by atoms with Gasteiger partial charge in [-0.25, -0.2) is 8.42 Å². The fraction of sp³-hybridized carbons (Fsp3) is 0.238. The highest BCUT2D eigenvalue weighted by atomic mass is 32.2. The number of benzene rings is 2. The number of nitrogens with zero attached hydrogens (tertiary/aromatic N) is 2. The van der Waals surface area contributed by atoms with Crippen LogP contribution in [0.4, 0.5) is 0 Å². The predicted octanol–water partition coefficient (Wildman–Crippen LogP) is 2.04. The zero-order valence-electron chi connectivity index (χ0n) is 17.1. The molecule has 0 aliphatic carbocycles. The molecule has 1 amide bonds. The van der Waals surface area contributed by atoms with E-state index in [1.165, 1.54) is 18.5 Å². The van der Waals surface area contributed by atoms with E-state index in [0.717, 1.165) is 0 Å². The molecule has 4 rings (SSSR count). The summed E-state index contributed by atoms with van der Waals surface area (Å²) < 4.78 is 38.2. The summed E-state index contributed by atoms with van der Waals surface area (Å²) in [7, 11) is -0.628. The van der Waals surface area contributed by atoms with Gasteiger partial charge in [-0.15, -0.1) is 0 Å². The molecule has 0 radical (unpaired) electrons. The standard InChI is InChI=1S/C21H22N4O5S/c1-29-17-9-8-14(21(22)26)18(20(17)30-2)19-15-10-25(11-16(15)23-24-19)31(27,28)12-13-6-4-3-5-7-13/h3-9H,10-12H2,1-2H3,(H2,22,26)(H,23,24). The molecule has 0 unspecified atom stereocenters. The molecule has 0 spiro atoms. The Hall–Kier alpha value is -3.37. The highest BCUT2D eigenvalue weighted by Crippen LogP contribution is 2.43. The number of sulfonamides is 1. The Morgan fingerprint density at radius 3 is 2.52 bits per heavy atom. The van der Waals surface area contributed by atoms with Gasteiger partial charge in [-0.05, 0) is 17.7 Å². The number of aromatic nitrogens is 2. The second-order valence-electron chi connectivity index (χ2n) is 7.13. The zero-order chi connectivity index (χ0) is 22.2. The van der Waals surface area contributed by atoms with Crippen LogP contribution in [-0.4, -0.2) is 43.0 Å². The van der Waals surface area contributed by atoms with Crippen LogP contribution in [0.2, 0.25) is 0 Å². The first-order chi connectivity index (χ1) is 14.9. The maximum atomic E-state index is 13.0. The van der Waals surface area contributed by atoms with E-state index in [1.54, 1.807) is 36.4 Å². The monoisotopic (exact) mass is 442 g/mol. The molecule has 2 heterocycles. The smallest absolute Gasteiger partial charge is 0.249 e. The van der Waals surface area contributed by atoms with Crippen molar-refractivity contribution in [2.75, 3.05) is 14.2 Å². The Kier molecular flexibility index (Phi) is 5.42. The summed E-state index contributed by atoms with van der Waals surface area (Å²) in [6.45, 7) is 0.282. The number of ether oxygens (including phenoxy) is 2. The lowest BCUT2D eigenvalue weighted by atomic mass is 9.99. The lowest BCUT2D eigenvalue weighted by Gasteiger charge is -2.17. The van der Waals surface area contributed by atoms with E-state index in [4.69, 9.17) is 15.2 Å². The fourth-order valence-electron chi connectivity index (χ4n) is 3.76. The van der Waals surface area contributed by atoms with Gasteiger partial charge in [0, 0.05) is 12.1 Å². The van der Waals surface area contributed by atoms with Gasteiger partial charge in [0.05, 0.1) is 43.3 Å². The summed E-state index contributed by atoms with van der Waals surface area (Å²) in [4.78, 5) is 12.1. The van der Waals surface area contributed by atoms with Crippen molar-refractivity contribution < 1.29 is 22.7 Å². The minimum Gasteiger partial charge on any atom is -0.493 e. The molecule has 2 aromatic carbocycles. The topological polar surface area (TPSA) is 128 Å². The number of amides is 1. The minimum absolute atomic E-state index is 0.101. The molecular formula is C21H22N4O5S. The van der Waals surface area contributed by atoms with Crippen molar-refractivity contribution in [3.63, 3.8) is 0 Å². The van der Waals surface area contributed by atoms with E-state index in [-0.39, 0.29) is 24.4 Å². The van der Waals surface area contributed by atoms with Gasteiger partial charge in [0.2, 0.25) is 15.9 Å². The minimum atomic E-state index is -3.57. The van der Waals surface area contributed by atoms with Gasteiger partial charge in [-0.1, -0.05) is 30.3 Å². The molecule has 1 aromatic heterocycles. The molecular weight excluding hydrogens is 420 g/mol. The van der Waals surface area contributed by atoms with Crippen LogP contribution in [0.25, 0.3) is 11.3 Å². The summed E-state index contributed by atoms with van der Waals surface area (Å²) in [5, 5.41) is 7.25. The number of hydrogen-bond donors (Lipinski definition) is 2. The Balaban J connectivity index is 1.73. The number of nitrogens with two attached hydrogens (primary N) is 1. The highest BCUT2D eigenvalue weighted by Gasteiger charge is 2.35. The number of carbonyl (C=O) groups is 1. The molecule has 3 N–H and O–H groups in total. The SMILES string of the molecule is COc1ccc(C(N)=O)c(-c2n[nH]c3c2CN(S(=O)(=O)Cc2ccccc2)C3)c1OC. The Morgan fingerprint density at radius 1 is 1.13 bits per heavy atom.